The van der Waals surface area contributed by atoms with E-state index < -0.39 is 33.7 Å². The fraction of sp³-hybridized carbons (Fsp3) is 0.161. The van der Waals surface area contributed by atoms with Crippen LogP contribution < -0.4 is 9.62 Å². The van der Waals surface area contributed by atoms with Crippen molar-refractivity contribution >= 4 is 39.6 Å². The van der Waals surface area contributed by atoms with Crippen LogP contribution in [-0.4, -0.2) is 47.6 Å². The van der Waals surface area contributed by atoms with Crippen LogP contribution in [0.4, 0.5) is 5.69 Å². The van der Waals surface area contributed by atoms with Gasteiger partial charge in [0.25, 0.3) is 10.0 Å². The monoisotopic (exact) mass is 586 g/mol. The normalized spacial score (nSPS) is 12.1. The lowest BCUT2D eigenvalue weighted by atomic mass is 9.98. The second-order valence-electron chi connectivity index (χ2n) is 9.45. The number of rotatable bonds is 12. The molecule has 3 aromatic carbocycles. The summed E-state index contributed by atoms with van der Waals surface area (Å²) < 4.78 is 29.3. The van der Waals surface area contributed by atoms with E-state index in [-0.39, 0.29) is 24.2 Å². The number of carbonyl (C=O) groups is 3. The highest BCUT2D eigenvalue weighted by Gasteiger charge is 2.33. The lowest BCUT2D eigenvalue weighted by molar-refractivity contribution is -0.132. The van der Waals surface area contributed by atoms with Gasteiger partial charge in [-0.1, -0.05) is 66.7 Å². The summed E-state index contributed by atoms with van der Waals surface area (Å²) in [5.74, 6) is -4.32. The Morgan fingerprint density at radius 1 is 0.976 bits per heavy atom. The third-order valence-corrected chi connectivity index (χ3v) is 7.38. The van der Waals surface area contributed by atoms with Gasteiger partial charge in [0.05, 0.1) is 23.7 Å². The maximum atomic E-state index is 13.8. The van der Waals surface area contributed by atoms with Crippen LogP contribution in [0.5, 0.6) is 0 Å². The highest BCUT2D eigenvalue weighted by atomic mass is 32.2. The number of carbonyl (C=O) groups excluding carboxylic acids is 2. The summed E-state index contributed by atoms with van der Waals surface area (Å²) in [6.07, 6.45) is 4.44. The van der Waals surface area contributed by atoms with Crippen LogP contribution in [0, 0.1) is 5.92 Å². The van der Waals surface area contributed by atoms with Gasteiger partial charge in [0, 0.05) is 18.4 Å². The number of carboxylic acid groups (broad SMARTS) is 1. The van der Waals surface area contributed by atoms with Crippen LogP contribution in [0.1, 0.15) is 34.0 Å². The van der Waals surface area contributed by atoms with E-state index in [1.165, 1.54) is 35.4 Å². The van der Waals surface area contributed by atoms with Crippen LogP contribution >= 0.6 is 0 Å². The van der Waals surface area contributed by atoms with Gasteiger partial charge in [0.2, 0.25) is 11.8 Å². The fourth-order valence-electron chi connectivity index (χ4n) is 4.33. The molecular formula is C31H30N4O6S. The average Bonchev–Trinajstić information content (AvgIpc) is 3.43. The molecule has 1 heterocycles. The van der Waals surface area contributed by atoms with Crippen LogP contribution in [0.15, 0.2) is 103 Å². The van der Waals surface area contributed by atoms with Gasteiger partial charge in [-0.25, -0.2) is 17.9 Å². The van der Waals surface area contributed by atoms with Crippen LogP contribution in [0.25, 0.3) is 6.08 Å². The Kier molecular flexibility index (Phi) is 9.66. The second-order valence-corrected chi connectivity index (χ2v) is 11.0. The van der Waals surface area contributed by atoms with E-state index in [0.29, 0.717) is 17.7 Å². The van der Waals surface area contributed by atoms with E-state index in [4.69, 9.17) is 0 Å². The molecule has 0 fully saturated rings. The summed E-state index contributed by atoms with van der Waals surface area (Å²) in [5.41, 5.74) is 2.41. The molecule has 0 spiro atoms. The molecule has 4 aromatic rings. The Morgan fingerprint density at radius 2 is 1.67 bits per heavy atom. The molecule has 11 heteroatoms. The number of amides is 2. The highest BCUT2D eigenvalue weighted by Crippen LogP contribution is 2.21. The van der Waals surface area contributed by atoms with Crippen molar-refractivity contribution in [1.82, 2.24) is 14.5 Å². The van der Waals surface area contributed by atoms with Gasteiger partial charge < -0.3 is 10.0 Å². The van der Waals surface area contributed by atoms with Crippen molar-refractivity contribution in [2.75, 3.05) is 11.4 Å². The third kappa shape index (κ3) is 8.01. The predicted octanol–water partition coefficient (Wildman–Crippen LogP) is 3.96. The first-order valence-electron chi connectivity index (χ1n) is 13.1. The van der Waals surface area contributed by atoms with Gasteiger partial charge in [-0.15, -0.1) is 0 Å². The zero-order valence-corrected chi connectivity index (χ0v) is 23.6. The molecular weight excluding hydrogens is 556 g/mol. The van der Waals surface area contributed by atoms with Gasteiger partial charge in [-0.05, 0) is 54.3 Å². The molecule has 4 rings (SSSR count). The van der Waals surface area contributed by atoms with Crippen LogP contribution in [0.2, 0.25) is 0 Å². The number of aromatic carboxylic acids is 1. The molecule has 42 heavy (non-hydrogen) atoms. The lowest BCUT2D eigenvalue weighted by Crippen LogP contribution is -2.46. The lowest BCUT2D eigenvalue weighted by Gasteiger charge is -2.26. The standard InChI is InChI=1S/C31H30N4O6S/c1-2-35(27-15-9-14-26(19-27)31(38)39)30(37)28(18-25-20-32-34(22-25)21-24-12-7-4-8-13-24)29(36)33-42(40,41)17-16-23-10-5-3-6-11-23/h3-17,19-20,22,28H,2,18,21H2,1H3,(H,33,36)(H,38,39)/b17-16+. The maximum absolute atomic E-state index is 13.8. The Bertz CT molecular complexity index is 1680. The summed E-state index contributed by atoms with van der Waals surface area (Å²) in [6.45, 7) is 2.25. The number of benzene rings is 3. The van der Waals surface area contributed by atoms with Crippen molar-refractivity contribution in [2.45, 2.75) is 19.9 Å². The molecule has 0 aliphatic rings. The van der Waals surface area contributed by atoms with E-state index in [1.54, 1.807) is 54.2 Å². The number of hydrogen-bond donors (Lipinski definition) is 2. The molecule has 0 bridgehead atoms. The van der Waals surface area contributed by atoms with Gasteiger partial charge >= 0.3 is 5.97 Å². The third-order valence-electron chi connectivity index (χ3n) is 6.40. The summed E-state index contributed by atoms with van der Waals surface area (Å²) in [5, 5.41) is 14.6. The summed E-state index contributed by atoms with van der Waals surface area (Å²) in [6, 6.07) is 24.1. The van der Waals surface area contributed by atoms with Crippen LogP contribution in [0.3, 0.4) is 0 Å². The minimum absolute atomic E-state index is 0.0319. The minimum atomic E-state index is -4.25. The SMILES string of the molecule is CCN(C(=O)C(Cc1cnn(Cc2ccccc2)c1)C(=O)NS(=O)(=O)/C=C/c1ccccc1)c1cccc(C(=O)O)c1. The van der Waals surface area contributed by atoms with Gasteiger partial charge in [-0.3, -0.25) is 14.3 Å². The fourth-order valence-corrected chi connectivity index (χ4v) is 5.16. The summed E-state index contributed by atoms with van der Waals surface area (Å²) in [4.78, 5) is 40.1. The minimum Gasteiger partial charge on any atom is -0.478 e. The first-order valence-corrected chi connectivity index (χ1v) is 14.7. The van der Waals surface area contributed by atoms with Crippen LogP contribution in [-0.2, 0) is 32.6 Å². The summed E-state index contributed by atoms with van der Waals surface area (Å²) >= 11 is 0. The Morgan fingerprint density at radius 3 is 2.33 bits per heavy atom. The Hall–Kier alpha value is -5.03. The Balaban J connectivity index is 1.61. The van der Waals surface area contributed by atoms with E-state index in [2.05, 4.69) is 5.10 Å². The molecule has 0 aliphatic heterocycles. The maximum Gasteiger partial charge on any atom is 0.335 e. The van der Waals surface area contributed by atoms with Gasteiger partial charge in [0.15, 0.2) is 0 Å². The molecule has 0 saturated carbocycles. The molecule has 0 saturated heterocycles. The van der Waals surface area contributed by atoms with Crippen molar-refractivity contribution in [3.05, 3.63) is 125 Å². The van der Waals surface area contributed by atoms with Crippen molar-refractivity contribution < 1.29 is 27.9 Å². The predicted molar refractivity (Wildman–Crippen MR) is 159 cm³/mol. The molecule has 0 aliphatic carbocycles. The zero-order valence-electron chi connectivity index (χ0n) is 22.8. The van der Waals surface area contributed by atoms with E-state index in [1.807, 2.05) is 35.1 Å². The van der Waals surface area contributed by atoms with Gasteiger partial charge in [-0.2, -0.15) is 5.10 Å². The van der Waals surface area contributed by atoms with Crippen molar-refractivity contribution in [2.24, 2.45) is 5.92 Å². The Labute approximate surface area is 244 Å². The molecule has 1 unspecified atom stereocenters. The summed E-state index contributed by atoms with van der Waals surface area (Å²) in [7, 11) is -4.25. The van der Waals surface area contributed by atoms with Gasteiger partial charge in [0.1, 0.15) is 5.92 Å². The molecule has 0 radical (unpaired) electrons. The number of anilines is 1. The van der Waals surface area contributed by atoms with E-state index in [0.717, 1.165) is 11.0 Å². The molecule has 216 valence electrons. The first kappa shape index (κ1) is 29.9. The number of carboxylic acids is 1. The van der Waals surface area contributed by atoms with Crippen molar-refractivity contribution in [3.63, 3.8) is 0 Å². The number of aromatic nitrogens is 2. The zero-order chi connectivity index (χ0) is 30.1. The average molecular weight is 587 g/mol. The highest BCUT2D eigenvalue weighted by molar-refractivity contribution is 7.93. The molecule has 1 aromatic heterocycles. The number of sulfonamides is 1. The first-order chi connectivity index (χ1) is 20.1. The molecule has 2 amide bonds. The number of nitrogens with zero attached hydrogens (tertiary/aromatic N) is 3. The van der Waals surface area contributed by atoms with Crippen molar-refractivity contribution in [1.29, 1.82) is 0 Å². The smallest absolute Gasteiger partial charge is 0.335 e. The quantitative estimate of drug-likeness (QED) is 0.240. The molecule has 10 nitrogen and oxygen atoms in total. The largest absolute Gasteiger partial charge is 0.478 e. The van der Waals surface area contributed by atoms with Crippen molar-refractivity contribution in [3.8, 4) is 0 Å². The molecule has 2 N–H and O–H groups in total. The van der Waals surface area contributed by atoms with E-state index in [9.17, 15) is 27.9 Å². The second kappa shape index (κ2) is 13.6. The topological polar surface area (TPSA) is 139 Å². The number of hydrogen-bond acceptors (Lipinski definition) is 6. The van der Waals surface area contributed by atoms with E-state index >= 15 is 0 Å². The number of nitrogens with one attached hydrogen (secondary N) is 1. The molecule has 1 atom stereocenters.